The van der Waals surface area contributed by atoms with Gasteiger partial charge in [-0.2, -0.15) is 0 Å². The predicted octanol–water partition coefficient (Wildman–Crippen LogP) is 2.03. The van der Waals surface area contributed by atoms with E-state index in [1.54, 1.807) is 6.33 Å². The Bertz CT molecular complexity index is 792. The van der Waals surface area contributed by atoms with Crippen LogP contribution in [0.15, 0.2) is 42.7 Å². The van der Waals surface area contributed by atoms with E-state index in [-0.39, 0.29) is 0 Å². The molecule has 0 bridgehead atoms. The van der Waals surface area contributed by atoms with Gasteiger partial charge in [0.05, 0.1) is 6.54 Å². The van der Waals surface area contributed by atoms with E-state index in [1.807, 2.05) is 6.07 Å². The van der Waals surface area contributed by atoms with Gasteiger partial charge in [0.2, 0.25) is 0 Å². The molecule has 0 fully saturated rings. The van der Waals surface area contributed by atoms with Crippen LogP contribution in [0.1, 0.15) is 11.4 Å². The Balaban J connectivity index is 1.61. The highest BCUT2D eigenvalue weighted by Gasteiger charge is 2.18. The molecule has 4 rings (SSSR count). The molecule has 1 aliphatic rings. The Morgan fingerprint density at radius 1 is 1.10 bits per heavy atom. The third kappa shape index (κ3) is 2.25. The largest absolute Gasteiger partial charge is 0.398 e. The second-order valence-corrected chi connectivity index (χ2v) is 5.55. The molecule has 106 valence electrons. The van der Waals surface area contributed by atoms with Crippen molar-refractivity contribution in [3.63, 3.8) is 0 Å². The summed E-state index contributed by atoms with van der Waals surface area (Å²) in [5, 5.41) is 10.6. The lowest BCUT2D eigenvalue weighted by atomic mass is 10.0. The number of hydrogen-bond donors (Lipinski definition) is 1. The lowest BCUT2D eigenvalue weighted by molar-refractivity contribution is 0.209. The van der Waals surface area contributed by atoms with Crippen molar-refractivity contribution in [2.75, 3.05) is 12.3 Å². The molecular formula is C16H17N5. The molecule has 0 radical (unpaired) electrons. The predicted molar refractivity (Wildman–Crippen MR) is 82.5 cm³/mol. The third-order valence-corrected chi connectivity index (χ3v) is 4.12. The fraction of sp³-hybridized carbons (Fsp3) is 0.250. The molecule has 0 aliphatic carbocycles. The number of nitrogen functional groups attached to an aromatic ring is 1. The standard InChI is InChI=1S/C16H17N5/c17-15-8-13-4-2-1-3-12(13)7-14(15)9-20-5-6-21-11-18-19-16(21)10-20/h1-4,7-8,11H,5-6,9-10,17H2. The average Bonchev–Trinajstić information content (AvgIpc) is 2.95. The number of hydrogen-bond acceptors (Lipinski definition) is 4. The van der Waals surface area contributed by atoms with Crippen molar-refractivity contribution in [2.24, 2.45) is 0 Å². The molecule has 5 heteroatoms. The number of nitrogens with two attached hydrogens (primary N) is 1. The molecule has 0 saturated carbocycles. The van der Waals surface area contributed by atoms with Crippen LogP contribution in [0.25, 0.3) is 10.8 Å². The summed E-state index contributed by atoms with van der Waals surface area (Å²) in [6, 6.07) is 12.6. The summed E-state index contributed by atoms with van der Waals surface area (Å²) in [5.74, 6) is 1.03. The Hall–Kier alpha value is -2.40. The molecule has 3 aromatic rings. The van der Waals surface area contributed by atoms with Crippen molar-refractivity contribution in [1.29, 1.82) is 0 Å². The Kier molecular flexibility index (Phi) is 2.86. The van der Waals surface area contributed by atoms with E-state index in [1.165, 1.54) is 16.3 Å². The molecule has 5 nitrogen and oxygen atoms in total. The average molecular weight is 279 g/mol. The van der Waals surface area contributed by atoms with Crippen LogP contribution < -0.4 is 5.73 Å². The number of nitrogens with zero attached hydrogens (tertiary/aromatic N) is 4. The first kappa shape index (κ1) is 12.3. The highest BCUT2D eigenvalue weighted by atomic mass is 15.3. The molecule has 2 N–H and O–H groups in total. The van der Waals surface area contributed by atoms with E-state index in [4.69, 9.17) is 5.73 Å². The van der Waals surface area contributed by atoms with Gasteiger partial charge in [0.1, 0.15) is 12.2 Å². The maximum absolute atomic E-state index is 6.22. The molecule has 0 amide bonds. The number of fused-ring (bicyclic) bond motifs is 2. The van der Waals surface area contributed by atoms with Gasteiger partial charge in [-0.15, -0.1) is 10.2 Å². The van der Waals surface area contributed by atoms with Crippen LogP contribution in [-0.2, 0) is 19.6 Å². The van der Waals surface area contributed by atoms with Crippen LogP contribution in [0.4, 0.5) is 5.69 Å². The van der Waals surface area contributed by atoms with Gasteiger partial charge in [-0.25, -0.2) is 0 Å². The Labute approximate surface area is 123 Å². The van der Waals surface area contributed by atoms with Crippen molar-refractivity contribution >= 4 is 16.5 Å². The van der Waals surface area contributed by atoms with Crippen LogP contribution in [0.2, 0.25) is 0 Å². The fourth-order valence-electron chi connectivity index (χ4n) is 2.93. The van der Waals surface area contributed by atoms with Gasteiger partial charge in [0.15, 0.2) is 0 Å². The molecule has 0 unspecified atom stereocenters. The van der Waals surface area contributed by atoms with Gasteiger partial charge in [0.25, 0.3) is 0 Å². The van der Waals surface area contributed by atoms with E-state index >= 15 is 0 Å². The third-order valence-electron chi connectivity index (χ3n) is 4.12. The summed E-state index contributed by atoms with van der Waals surface area (Å²) in [5.41, 5.74) is 8.26. The first-order chi connectivity index (χ1) is 10.3. The van der Waals surface area contributed by atoms with Crippen molar-refractivity contribution in [1.82, 2.24) is 19.7 Å². The SMILES string of the molecule is Nc1cc2ccccc2cc1CN1CCn2cnnc2C1. The summed E-state index contributed by atoms with van der Waals surface area (Å²) in [4.78, 5) is 2.37. The molecule has 0 spiro atoms. The summed E-state index contributed by atoms with van der Waals surface area (Å²) >= 11 is 0. The van der Waals surface area contributed by atoms with Gasteiger partial charge in [0, 0.05) is 25.3 Å². The van der Waals surface area contributed by atoms with Gasteiger partial charge in [-0.3, -0.25) is 4.90 Å². The highest BCUT2D eigenvalue weighted by molar-refractivity contribution is 5.86. The van der Waals surface area contributed by atoms with Gasteiger partial charge in [-0.05, 0) is 28.5 Å². The molecule has 1 aliphatic heterocycles. The molecule has 0 saturated heterocycles. The lowest BCUT2D eigenvalue weighted by Gasteiger charge is -2.27. The maximum Gasteiger partial charge on any atom is 0.147 e. The smallest absolute Gasteiger partial charge is 0.147 e. The second-order valence-electron chi connectivity index (χ2n) is 5.55. The molecule has 2 aromatic carbocycles. The number of rotatable bonds is 2. The number of anilines is 1. The van der Waals surface area contributed by atoms with E-state index in [0.29, 0.717) is 0 Å². The minimum atomic E-state index is 0.826. The van der Waals surface area contributed by atoms with E-state index in [0.717, 1.165) is 37.7 Å². The quantitative estimate of drug-likeness (QED) is 0.729. The van der Waals surface area contributed by atoms with Gasteiger partial charge in [-0.1, -0.05) is 24.3 Å². The Morgan fingerprint density at radius 3 is 2.76 bits per heavy atom. The normalized spacial score (nSPS) is 15.2. The van der Waals surface area contributed by atoms with Crippen molar-refractivity contribution in [2.45, 2.75) is 19.6 Å². The van der Waals surface area contributed by atoms with Crippen LogP contribution in [0, 0.1) is 0 Å². The van der Waals surface area contributed by atoms with Crippen molar-refractivity contribution in [3.8, 4) is 0 Å². The zero-order valence-corrected chi connectivity index (χ0v) is 11.7. The van der Waals surface area contributed by atoms with E-state index < -0.39 is 0 Å². The van der Waals surface area contributed by atoms with Crippen LogP contribution >= 0.6 is 0 Å². The topological polar surface area (TPSA) is 60.0 Å². The first-order valence-electron chi connectivity index (χ1n) is 7.16. The number of aromatic nitrogens is 3. The van der Waals surface area contributed by atoms with E-state index in [9.17, 15) is 0 Å². The van der Waals surface area contributed by atoms with Crippen LogP contribution in [0.5, 0.6) is 0 Å². The summed E-state index contributed by atoms with van der Waals surface area (Å²) < 4.78 is 2.11. The van der Waals surface area contributed by atoms with Crippen molar-refractivity contribution < 1.29 is 0 Å². The monoisotopic (exact) mass is 279 g/mol. The summed E-state index contributed by atoms with van der Waals surface area (Å²) in [6.07, 6.45) is 1.80. The van der Waals surface area contributed by atoms with E-state index in [2.05, 4.69) is 50.0 Å². The molecule has 2 heterocycles. The molecule has 0 atom stereocenters. The first-order valence-corrected chi connectivity index (χ1v) is 7.16. The second kappa shape index (κ2) is 4.86. The van der Waals surface area contributed by atoms with Gasteiger partial charge >= 0.3 is 0 Å². The maximum atomic E-state index is 6.22. The minimum Gasteiger partial charge on any atom is -0.398 e. The lowest BCUT2D eigenvalue weighted by Crippen LogP contribution is -2.33. The summed E-state index contributed by atoms with van der Waals surface area (Å²) in [6.45, 7) is 3.61. The highest BCUT2D eigenvalue weighted by Crippen LogP contribution is 2.24. The zero-order chi connectivity index (χ0) is 14.2. The van der Waals surface area contributed by atoms with Crippen molar-refractivity contribution in [3.05, 3.63) is 54.1 Å². The molecule has 1 aromatic heterocycles. The molecular weight excluding hydrogens is 262 g/mol. The zero-order valence-electron chi connectivity index (χ0n) is 11.7. The Morgan fingerprint density at radius 2 is 1.90 bits per heavy atom. The summed E-state index contributed by atoms with van der Waals surface area (Å²) in [7, 11) is 0. The van der Waals surface area contributed by atoms with Crippen LogP contribution in [-0.4, -0.2) is 26.2 Å². The fourth-order valence-corrected chi connectivity index (χ4v) is 2.93. The number of benzene rings is 2. The molecule has 21 heavy (non-hydrogen) atoms. The van der Waals surface area contributed by atoms with Gasteiger partial charge < -0.3 is 10.3 Å². The van der Waals surface area contributed by atoms with Crippen LogP contribution in [0.3, 0.4) is 0 Å². The minimum absolute atomic E-state index is 0.826.